The van der Waals surface area contributed by atoms with E-state index in [0.29, 0.717) is 11.3 Å². The molecule has 3 aromatic heterocycles. The van der Waals surface area contributed by atoms with Crippen LogP contribution in [0.4, 0.5) is 15.9 Å². The average Bonchev–Trinajstić information content (AvgIpc) is 3.38. The highest BCUT2D eigenvalue weighted by Crippen LogP contribution is 2.36. The van der Waals surface area contributed by atoms with Crippen LogP contribution in [-0.4, -0.2) is 61.4 Å². The van der Waals surface area contributed by atoms with Gasteiger partial charge in [-0.05, 0) is 12.1 Å². The van der Waals surface area contributed by atoms with E-state index in [4.69, 9.17) is 4.74 Å². The molecule has 1 aromatic carbocycles. The minimum Gasteiger partial charge on any atom is -0.492 e. The van der Waals surface area contributed by atoms with Gasteiger partial charge in [0.05, 0.1) is 30.9 Å². The van der Waals surface area contributed by atoms with Gasteiger partial charge in [0.25, 0.3) is 10.0 Å². The van der Waals surface area contributed by atoms with Gasteiger partial charge in [-0.1, -0.05) is 0 Å². The Balaban J connectivity index is 1.90. The summed E-state index contributed by atoms with van der Waals surface area (Å²) < 4.78 is 74.9. The quantitative estimate of drug-likeness (QED) is 0.378. The molecule has 0 atom stereocenters. The van der Waals surface area contributed by atoms with Crippen molar-refractivity contribution in [1.29, 1.82) is 0 Å². The highest BCUT2D eigenvalue weighted by Gasteiger charge is 2.23. The van der Waals surface area contributed by atoms with Crippen molar-refractivity contribution in [1.82, 2.24) is 24.1 Å². The zero-order valence-corrected chi connectivity index (χ0v) is 20.1. The molecule has 0 aliphatic rings. The molecule has 0 aliphatic carbocycles. The lowest BCUT2D eigenvalue weighted by atomic mass is 10.1. The number of anilines is 2. The second-order valence-electron chi connectivity index (χ2n) is 7.28. The first-order valence-corrected chi connectivity index (χ1v) is 13.0. The summed E-state index contributed by atoms with van der Waals surface area (Å²) in [4.78, 5) is 8.20. The van der Waals surface area contributed by atoms with E-state index in [1.807, 2.05) is 0 Å². The minimum absolute atomic E-state index is 0.125. The highest BCUT2D eigenvalue weighted by atomic mass is 32.2. The Kier molecular flexibility index (Phi) is 5.69. The molecule has 12 nitrogen and oxygen atoms in total. The minimum atomic E-state index is -4.11. The summed E-state index contributed by atoms with van der Waals surface area (Å²) in [5.41, 5.74) is 0.630. The second-order valence-corrected chi connectivity index (χ2v) is 10.9. The largest absolute Gasteiger partial charge is 0.492 e. The zero-order valence-electron chi connectivity index (χ0n) is 18.4. The first kappa shape index (κ1) is 23.4. The SMILES string of the molecule is CNc1nc(S(C)(=O)=O)cn2c(-c3cc(F)c(OC)c(NS(=O)(=O)c4cnn(C)c4)c3)cnc12. The topological polar surface area (TPSA) is 150 Å². The van der Waals surface area contributed by atoms with Gasteiger partial charge in [0.15, 0.2) is 37.9 Å². The molecule has 0 saturated carbocycles. The number of benzene rings is 1. The number of methoxy groups -OCH3 is 1. The third-order valence-corrected chi connectivity index (χ3v) is 7.14. The van der Waals surface area contributed by atoms with Gasteiger partial charge in [0.1, 0.15) is 4.90 Å². The van der Waals surface area contributed by atoms with Crippen LogP contribution in [-0.2, 0) is 26.9 Å². The summed E-state index contributed by atoms with van der Waals surface area (Å²) in [5.74, 6) is -0.967. The molecule has 0 spiro atoms. The Morgan fingerprint density at radius 2 is 1.85 bits per heavy atom. The summed E-state index contributed by atoms with van der Waals surface area (Å²) in [6.07, 6.45) is 6.10. The number of sulfonamides is 1. The van der Waals surface area contributed by atoms with Gasteiger partial charge < -0.3 is 10.1 Å². The summed E-state index contributed by atoms with van der Waals surface area (Å²) in [6.45, 7) is 0. The molecular weight excluding hydrogens is 489 g/mol. The Morgan fingerprint density at radius 1 is 1.12 bits per heavy atom. The fourth-order valence-electron chi connectivity index (χ4n) is 3.29. The zero-order chi connectivity index (χ0) is 24.8. The van der Waals surface area contributed by atoms with Gasteiger partial charge in [-0.2, -0.15) is 5.10 Å². The van der Waals surface area contributed by atoms with E-state index in [1.165, 1.54) is 40.8 Å². The molecule has 3 heterocycles. The van der Waals surface area contributed by atoms with E-state index in [1.54, 1.807) is 14.1 Å². The molecule has 0 amide bonds. The van der Waals surface area contributed by atoms with Crippen molar-refractivity contribution in [2.75, 3.05) is 30.5 Å². The van der Waals surface area contributed by atoms with Gasteiger partial charge in [-0.3, -0.25) is 13.8 Å². The third kappa shape index (κ3) is 4.14. The Morgan fingerprint density at radius 3 is 2.44 bits per heavy atom. The van der Waals surface area contributed by atoms with Crippen LogP contribution in [0.5, 0.6) is 5.75 Å². The lowest BCUT2D eigenvalue weighted by Crippen LogP contribution is -2.14. The number of nitrogens with one attached hydrogen (secondary N) is 2. The normalized spacial score (nSPS) is 12.1. The molecule has 180 valence electrons. The Hall–Kier alpha value is -3.72. The average molecular weight is 510 g/mol. The lowest BCUT2D eigenvalue weighted by Gasteiger charge is -2.14. The van der Waals surface area contributed by atoms with E-state index in [2.05, 4.69) is 25.1 Å². The maximum absolute atomic E-state index is 15.0. The van der Waals surface area contributed by atoms with E-state index in [0.717, 1.165) is 18.5 Å². The van der Waals surface area contributed by atoms with E-state index in [9.17, 15) is 21.2 Å². The molecule has 2 N–H and O–H groups in total. The summed E-state index contributed by atoms with van der Waals surface area (Å²) in [5, 5.41) is 6.40. The van der Waals surface area contributed by atoms with E-state index >= 15 is 0 Å². The van der Waals surface area contributed by atoms with E-state index < -0.39 is 25.7 Å². The number of aryl methyl sites for hydroxylation is 1. The number of rotatable bonds is 7. The van der Waals surface area contributed by atoms with Crippen LogP contribution in [0.3, 0.4) is 0 Å². The summed E-state index contributed by atoms with van der Waals surface area (Å²) in [7, 11) is -3.46. The van der Waals surface area contributed by atoms with Crippen molar-refractivity contribution in [3.05, 3.63) is 42.7 Å². The molecule has 0 aliphatic heterocycles. The van der Waals surface area contributed by atoms with Crippen molar-refractivity contribution < 1.29 is 26.0 Å². The monoisotopic (exact) mass is 509 g/mol. The van der Waals surface area contributed by atoms with Crippen LogP contribution in [0.25, 0.3) is 16.9 Å². The summed E-state index contributed by atoms with van der Waals surface area (Å²) in [6, 6.07) is 2.49. The molecule has 0 radical (unpaired) electrons. The third-order valence-electron chi connectivity index (χ3n) is 4.87. The smallest absolute Gasteiger partial charge is 0.265 e. The standard InChI is InChI=1S/C19H20FN7O5S2/c1-21-18-19-22-8-15(27(19)10-16(24-18)33(4,28)29)11-5-13(20)17(32-3)14(6-11)25-34(30,31)12-7-23-26(2)9-12/h5-10,25H,1-4H3,(H,21,24). The number of aromatic nitrogens is 5. The molecule has 0 bridgehead atoms. The Bertz CT molecular complexity index is 1630. The Labute approximate surface area is 194 Å². The molecule has 4 aromatic rings. The number of nitrogens with zero attached hydrogens (tertiary/aromatic N) is 5. The molecule has 34 heavy (non-hydrogen) atoms. The van der Waals surface area contributed by atoms with Crippen molar-refractivity contribution >= 4 is 37.0 Å². The first-order chi connectivity index (χ1) is 15.9. The van der Waals surface area contributed by atoms with Gasteiger partial charge in [-0.25, -0.2) is 31.2 Å². The number of fused-ring (bicyclic) bond motifs is 1. The maximum Gasteiger partial charge on any atom is 0.265 e. The van der Waals surface area contributed by atoms with E-state index in [-0.39, 0.29) is 32.7 Å². The van der Waals surface area contributed by atoms with Crippen LogP contribution in [0.1, 0.15) is 0 Å². The van der Waals surface area contributed by atoms with Crippen LogP contribution in [0, 0.1) is 5.82 Å². The van der Waals surface area contributed by atoms with Crippen LogP contribution >= 0.6 is 0 Å². The summed E-state index contributed by atoms with van der Waals surface area (Å²) >= 11 is 0. The number of imidazole rings is 1. The van der Waals surface area contributed by atoms with Gasteiger partial charge >= 0.3 is 0 Å². The molecular formula is C19H20FN7O5S2. The number of sulfone groups is 1. The van der Waals surface area contributed by atoms with Crippen LogP contribution in [0.15, 0.2) is 46.8 Å². The van der Waals surface area contributed by atoms with Gasteiger partial charge in [-0.15, -0.1) is 0 Å². The lowest BCUT2D eigenvalue weighted by molar-refractivity contribution is 0.389. The van der Waals surface area contributed by atoms with Crippen molar-refractivity contribution in [3.8, 4) is 17.0 Å². The van der Waals surface area contributed by atoms with Crippen LogP contribution in [0.2, 0.25) is 0 Å². The van der Waals surface area contributed by atoms with Crippen LogP contribution < -0.4 is 14.8 Å². The van der Waals surface area contributed by atoms with Gasteiger partial charge in [0.2, 0.25) is 0 Å². The molecule has 0 unspecified atom stereocenters. The molecule has 0 fully saturated rings. The number of hydrogen-bond acceptors (Lipinski definition) is 9. The first-order valence-electron chi connectivity index (χ1n) is 9.60. The molecule has 0 saturated heterocycles. The van der Waals surface area contributed by atoms with Gasteiger partial charge in [0, 0.05) is 38.3 Å². The number of hydrogen-bond donors (Lipinski definition) is 2. The van der Waals surface area contributed by atoms with Crippen molar-refractivity contribution in [2.45, 2.75) is 9.92 Å². The predicted molar refractivity (Wildman–Crippen MR) is 122 cm³/mol. The fraction of sp³-hybridized carbons (Fsp3) is 0.211. The second kappa shape index (κ2) is 8.25. The number of halogens is 1. The maximum atomic E-state index is 15.0. The van der Waals surface area contributed by atoms with Crippen molar-refractivity contribution in [2.24, 2.45) is 7.05 Å². The molecule has 4 rings (SSSR count). The number of ether oxygens (including phenoxy) is 1. The molecule has 15 heteroatoms. The highest BCUT2D eigenvalue weighted by molar-refractivity contribution is 7.92. The fourth-order valence-corrected chi connectivity index (χ4v) is 4.88. The van der Waals surface area contributed by atoms with Crippen molar-refractivity contribution in [3.63, 3.8) is 0 Å². The predicted octanol–water partition coefficient (Wildman–Crippen LogP) is 1.52.